The van der Waals surface area contributed by atoms with Gasteiger partial charge in [-0.1, -0.05) is 36.1 Å². The number of fused-ring (bicyclic) bond motifs is 1. The fourth-order valence-corrected chi connectivity index (χ4v) is 5.59. The van der Waals surface area contributed by atoms with Crippen molar-refractivity contribution in [3.63, 3.8) is 0 Å². The first-order valence-electron chi connectivity index (χ1n) is 7.09. The molecule has 0 atom stereocenters. The van der Waals surface area contributed by atoms with Crippen LogP contribution in [0.4, 0.5) is 0 Å². The zero-order chi connectivity index (χ0) is 15.7. The van der Waals surface area contributed by atoms with E-state index in [2.05, 4.69) is 4.90 Å². The molecule has 2 aliphatic heterocycles. The molecule has 118 valence electrons. The molecule has 1 aromatic rings. The SMILES string of the molecule is O=C1c2ccccc2S(=O)(=O)N1CCSC(=S)N1CCCC1. The van der Waals surface area contributed by atoms with Crippen LogP contribution < -0.4 is 0 Å². The molecule has 1 saturated heterocycles. The Bertz CT molecular complexity index is 712. The van der Waals surface area contributed by atoms with Gasteiger partial charge in [0, 0.05) is 25.4 Å². The minimum atomic E-state index is -3.70. The van der Waals surface area contributed by atoms with E-state index in [-0.39, 0.29) is 17.0 Å². The van der Waals surface area contributed by atoms with Crippen LogP contribution >= 0.6 is 24.0 Å². The number of sulfonamides is 1. The van der Waals surface area contributed by atoms with Crippen LogP contribution in [-0.4, -0.2) is 53.2 Å². The summed E-state index contributed by atoms with van der Waals surface area (Å²) in [7, 11) is -3.70. The van der Waals surface area contributed by atoms with E-state index < -0.39 is 15.9 Å². The third-order valence-corrected chi connectivity index (χ3v) is 7.14. The Morgan fingerprint density at radius 2 is 1.91 bits per heavy atom. The van der Waals surface area contributed by atoms with Gasteiger partial charge in [0.05, 0.1) is 5.56 Å². The molecule has 22 heavy (non-hydrogen) atoms. The Balaban J connectivity index is 1.64. The number of hydrogen-bond acceptors (Lipinski definition) is 5. The number of rotatable bonds is 3. The summed E-state index contributed by atoms with van der Waals surface area (Å²) in [5.74, 6) is 0.0391. The normalized spacial score (nSPS) is 19.5. The monoisotopic (exact) mass is 356 g/mol. The number of likely N-dealkylation sites (tertiary alicyclic amines) is 1. The van der Waals surface area contributed by atoms with E-state index in [9.17, 15) is 13.2 Å². The highest BCUT2D eigenvalue weighted by Crippen LogP contribution is 2.30. The van der Waals surface area contributed by atoms with E-state index in [0.29, 0.717) is 5.75 Å². The van der Waals surface area contributed by atoms with Crippen molar-refractivity contribution < 1.29 is 13.2 Å². The molecule has 8 heteroatoms. The average Bonchev–Trinajstić information content (AvgIpc) is 3.10. The number of thioether (sulfide) groups is 1. The fourth-order valence-electron chi connectivity index (χ4n) is 2.66. The Morgan fingerprint density at radius 1 is 1.23 bits per heavy atom. The molecular formula is C14H16N2O3S3. The lowest BCUT2D eigenvalue weighted by Crippen LogP contribution is -2.33. The van der Waals surface area contributed by atoms with E-state index in [1.807, 2.05) is 0 Å². The van der Waals surface area contributed by atoms with Gasteiger partial charge in [0.25, 0.3) is 15.9 Å². The van der Waals surface area contributed by atoms with Crippen LogP contribution in [0.5, 0.6) is 0 Å². The van der Waals surface area contributed by atoms with Gasteiger partial charge in [0.15, 0.2) is 0 Å². The molecule has 0 aromatic heterocycles. The second-order valence-corrected chi connectivity index (χ2v) is 8.75. The summed E-state index contributed by atoms with van der Waals surface area (Å²) in [5, 5.41) is 0. The first kappa shape index (κ1) is 15.8. The third kappa shape index (κ3) is 2.75. The molecule has 0 saturated carbocycles. The second kappa shape index (κ2) is 6.17. The molecule has 0 unspecified atom stereocenters. The Hall–Kier alpha value is -1.12. The maximum Gasteiger partial charge on any atom is 0.269 e. The van der Waals surface area contributed by atoms with Crippen molar-refractivity contribution in [2.45, 2.75) is 17.7 Å². The molecule has 5 nitrogen and oxygen atoms in total. The standard InChI is InChI=1S/C14H16N2O3S3/c17-13-11-5-1-2-6-12(11)22(18,19)16(13)9-10-21-14(20)15-7-3-4-8-15/h1-2,5-6H,3-4,7-10H2. The van der Waals surface area contributed by atoms with Crippen molar-refractivity contribution in [3.8, 4) is 0 Å². The second-order valence-electron chi connectivity index (χ2n) is 5.19. The molecule has 1 amide bonds. The average molecular weight is 356 g/mol. The molecule has 0 spiro atoms. The summed E-state index contributed by atoms with van der Waals surface area (Å²) in [5.41, 5.74) is 0.259. The van der Waals surface area contributed by atoms with Crippen LogP contribution in [-0.2, 0) is 10.0 Å². The van der Waals surface area contributed by atoms with Crippen LogP contribution in [0.15, 0.2) is 29.2 Å². The van der Waals surface area contributed by atoms with E-state index in [1.54, 1.807) is 18.2 Å². The van der Waals surface area contributed by atoms with E-state index in [1.165, 1.54) is 17.8 Å². The number of nitrogens with zero attached hydrogens (tertiary/aromatic N) is 2. The van der Waals surface area contributed by atoms with Gasteiger partial charge in [0.1, 0.15) is 9.22 Å². The van der Waals surface area contributed by atoms with Crippen molar-refractivity contribution in [2.24, 2.45) is 0 Å². The van der Waals surface area contributed by atoms with Gasteiger partial charge in [-0.05, 0) is 25.0 Å². The first-order valence-corrected chi connectivity index (χ1v) is 9.93. The summed E-state index contributed by atoms with van der Waals surface area (Å²) < 4.78 is 26.5. The van der Waals surface area contributed by atoms with E-state index in [0.717, 1.165) is 34.6 Å². The molecule has 2 aliphatic rings. The van der Waals surface area contributed by atoms with Crippen LogP contribution in [0.25, 0.3) is 0 Å². The minimum absolute atomic E-state index is 0.104. The van der Waals surface area contributed by atoms with Gasteiger partial charge in [0.2, 0.25) is 0 Å². The summed E-state index contributed by atoms with van der Waals surface area (Å²) in [6.45, 7) is 2.09. The molecule has 1 aromatic carbocycles. The summed E-state index contributed by atoms with van der Waals surface area (Å²) >= 11 is 6.79. The van der Waals surface area contributed by atoms with Crippen LogP contribution in [0.1, 0.15) is 23.2 Å². The highest BCUT2D eigenvalue weighted by atomic mass is 32.2. The molecule has 0 bridgehead atoms. The first-order chi connectivity index (χ1) is 10.5. The Labute approximate surface area is 139 Å². The maximum absolute atomic E-state index is 12.4. The molecule has 2 heterocycles. The van der Waals surface area contributed by atoms with Crippen LogP contribution in [0, 0.1) is 0 Å². The molecule has 0 radical (unpaired) electrons. The lowest BCUT2D eigenvalue weighted by molar-refractivity contribution is 0.0876. The van der Waals surface area contributed by atoms with Gasteiger partial charge in [-0.25, -0.2) is 12.7 Å². The highest BCUT2D eigenvalue weighted by molar-refractivity contribution is 8.22. The molecule has 0 aliphatic carbocycles. The van der Waals surface area contributed by atoms with Crippen molar-refractivity contribution in [1.82, 2.24) is 9.21 Å². The van der Waals surface area contributed by atoms with Crippen molar-refractivity contribution in [1.29, 1.82) is 0 Å². The van der Waals surface area contributed by atoms with Crippen LogP contribution in [0.2, 0.25) is 0 Å². The summed E-state index contributed by atoms with van der Waals surface area (Å²) in [6, 6.07) is 6.33. The number of carbonyl (C=O) groups is 1. The van der Waals surface area contributed by atoms with Gasteiger partial charge >= 0.3 is 0 Å². The smallest absolute Gasteiger partial charge is 0.269 e. The topological polar surface area (TPSA) is 57.7 Å². The predicted octanol–water partition coefficient (Wildman–Crippen LogP) is 1.95. The number of carbonyl (C=O) groups excluding carboxylic acids is 1. The fraction of sp³-hybridized carbons (Fsp3) is 0.429. The van der Waals surface area contributed by atoms with Gasteiger partial charge < -0.3 is 4.90 Å². The lowest BCUT2D eigenvalue weighted by Gasteiger charge is -2.19. The highest BCUT2D eigenvalue weighted by Gasteiger charge is 2.40. The van der Waals surface area contributed by atoms with Gasteiger partial charge in [-0.2, -0.15) is 0 Å². The van der Waals surface area contributed by atoms with E-state index >= 15 is 0 Å². The molecule has 0 N–H and O–H groups in total. The Morgan fingerprint density at radius 3 is 2.59 bits per heavy atom. The maximum atomic E-state index is 12.4. The van der Waals surface area contributed by atoms with Crippen molar-refractivity contribution in [2.75, 3.05) is 25.4 Å². The lowest BCUT2D eigenvalue weighted by atomic mass is 10.2. The van der Waals surface area contributed by atoms with Gasteiger partial charge in [-0.15, -0.1) is 0 Å². The van der Waals surface area contributed by atoms with E-state index in [4.69, 9.17) is 12.2 Å². The van der Waals surface area contributed by atoms with Crippen molar-refractivity contribution >= 4 is 44.2 Å². The molecule has 1 fully saturated rings. The summed E-state index contributed by atoms with van der Waals surface area (Å²) in [4.78, 5) is 14.5. The third-order valence-electron chi connectivity index (χ3n) is 3.80. The zero-order valence-corrected chi connectivity index (χ0v) is 14.3. The number of hydrogen-bond donors (Lipinski definition) is 0. The minimum Gasteiger partial charge on any atom is -0.358 e. The zero-order valence-electron chi connectivity index (χ0n) is 11.9. The number of benzene rings is 1. The predicted molar refractivity (Wildman–Crippen MR) is 90.5 cm³/mol. The number of thiocarbonyl (C=S) groups is 1. The molecular weight excluding hydrogens is 340 g/mol. The quantitative estimate of drug-likeness (QED) is 0.772. The Kier molecular flexibility index (Phi) is 4.42. The van der Waals surface area contributed by atoms with Gasteiger partial charge in [-0.3, -0.25) is 4.79 Å². The molecule has 3 rings (SSSR count). The largest absolute Gasteiger partial charge is 0.358 e. The number of amides is 1. The summed E-state index contributed by atoms with van der Waals surface area (Å²) in [6.07, 6.45) is 2.30. The van der Waals surface area contributed by atoms with Crippen molar-refractivity contribution in [3.05, 3.63) is 29.8 Å². The van der Waals surface area contributed by atoms with Crippen LogP contribution in [0.3, 0.4) is 0 Å².